The van der Waals surface area contributed by atoms with Gasteiger partial charge in [-0.25, -0.2) is 0 Å². The van der Waals surface area contributed by atoms with Gasteiger partial charge in [0.1, 0.15) is 0 Å². The van der Waals surface area contributed by atoms with Gasteiger partial charge in [0, 0.05) is 31.2 Å². The number of carbonyl (C=O) groups is 1. The van der Waals surface area contributed by atoms with E-state index in [0.717, 1.165) is 49.8 Å². The van der Waals surface area contributed by atoms with E-state index in [2.05, 4.69) is 0 Å². The van der Waals surface area contributed by atoms with Crippen LogP contribution in [0, 0.1) is 5.92 Å². The molecular weight excluding hydrogens is 290 g/mol. The van der Waals surface area contributed by atoms with E-state index in [9.17, 15) is 9.90 Å². The van der Waals surface area contributed by atoms with Crippen molar-refractivity contribution in [3.8, 4) is 0 Å². The molecule has 0 bridgehead atoms. The van der Waals surface area contributed by atoms with Crippen LogP contribution >= 0.6 is 0 Å². The zero-order valence-electron chi connectivity index (χ0n) is 13.9. The molecule has 1 heterocycles. The van der Waals surface area contributed by atoms with E-state index < -0.39 is 0 Å². The van der Waals surface area contributed by atoms with Gasteiger partial charge in [-0.3, -0.25) is 4.79 Å². The van der Waals surface area contributed by atoms with Crippen LogP contribution in [0.4, 0.5) is 0 Å². The smallest absolute Gasteiger partial charge is 0.254 e. The van der Waals surface area contributed by atoms with E-state index in [1.165, 1.54) is 6.42 Å². The summed E-state index contributed by atoms with van der Waals surface area (Å²) in [4.78, 5) is 15.1. The Bertz CT molecular complexity index is 545. The monoisotopic (exact) mass is 317 g/mol. The molecule has 126 valence electrons. The quantitative estimate of drug-likeness (QED) is 0.929. The highest BCUT2D eigenvalue weighted by molar-refractivity contribution is 5.96. The third-order valence-electron chi connectivity index (χ3n) is 5.38. The molecule has 1 saturated carbocycles. The molecule has 1 amide bonds. The molecule has 2 fully saturated rings. The molecule has 1 N–H and O–H groups in total. The lowest BCUT2D eigenvalue weighted by molar-refractivity contribution is 0.0210. The van der Waals surface area contributed by atoms with Crippen molar-refractivity contribution in [1.82, 2.24) is 4.90 Å². The second-order valence-electron chi connectivity index (χ2n) is 6.81. The minimum atomic E-state index is -0.253. The van der Waals surface area contributed by atoms with Gasteiger partial charge in [0.2, 0.25) is 0 Å². The van der Waals surface area contributed by atoms with Gasteiger partial charge in [-0.05, 0) is 37.3 Å². The molecule has 1 aliphatic heterocycles. The molecule has 1 aliphatic carbocycles. The van der Waals surface area contributed by atoms with Crippen LogP contribution in [0.1, 0.15) is 54.4 Å². The fraction of sp³-hybridized carbons (Fsp3) is 0.632. The molecule has 3 rings (SSSR count). The summed E-state index contributed by atoms with van der Waals surface area (Å²) >= 11 is 0. The van der Waals surface area contributed by atoms with Crippen molar-refractivity contribution in [2.45, 2.75) is 57.3 Å². The number of aliphatic hydroxyl groups excluding tert-OH is 1. The van der Waals surface area contributed by atoms with Crippen LogP contribution in [0.25, 0.3) is 0 Å². The highest BCUT2D eigenvalue weighted by Crippen LogP contribution is 2.35. The number of ether oxygens (including phenoxy) is 1. The zero-order valence-corrected chi connectivity index (χ0v) is 13.9. The maximum absolute atomic E-state index is 13.1. The maximum Gasteiger partial charge on any atom is 0.254 e. The van der Waals surface area contributed by atoms with Gasteiger partial charge in [0.25, 0.3) is 5.91 Å². The van der Waals surface area contributed by atoms with Crippen molar-refractivity contribution in [2.75, 3.05) is 13.7 Å². The SMILES string of the molecule is COCc1ccccc1C(=O)N1CCCC1C1CCCCC1O. The molecule has 4 heteroatoms. The Balaban J connectivity index is 1.81. The van der Waals surface area contributed by atoms with Crippen LogP contribution in [0.2, 0.25) is 0 Å². The molecule has 1 aromatic carbocycles. The highest BCUT2D eigenvalue weighted by Gasteiger charge is 2.39. The second kappa shape index (κ2) is 7.45. The molecule has 23 heavy (non-hydrogen) atoms. The molecular formula is C19H27NO3. The summed E-state index contributed by atoms with van der Waals surface area (Å²) in [6.07, 6.45) is 5.98. The first-order valence-corrected chi connectivity index (χ1v) is 8.78. The van der Waals surface area contributed by atoms with Crippen molar-refractivity contribution in [3.05, 3.63) is 35.4 Å². The Morgan fingerprint density at radius 1 is 1.22 bits per heavy atom. The van der Waals surface area contributed by atoms with Gasteiger partial charge in [-0.15, -0.1) is 0 Å². The van der Waals surface area contributed by atoms with Crippen molar-refractivity contribution < 1.29 is 14.6 Å². The van der Waals surface area contributed by atoms with E-state index in [-0.39, 0.29) is 24.0 Å². The number of rotatable bonds is 4. The molecule has 3 unspecified atom stereocenters. The van der Waals surface area contributed by atoms with Gasteiger partial charge < -0.3 is 14.7 Å². The third-order valence-corrected chi connectivity index (χ3v) is 5.38. The normalized spacial score (nSPS) is 28.1. The molecule has 1 aromatic rings. The van der Waals surface area contributed by atoms with E-state index in [1.54, 1.807) is 7.11 Å². The Morgan fingerprint density at radius 3 is 2.78 bits per heavy atom. The summed E-state index contributed by atoms with van der Waals surface area (Å²) in [7, 11) is 1.65. The highest BCUT2D eigenvalue weighted by atomic mass is 16.5. The lowest BCUT2D eigenvalue weighted by Gasteiger charge is -2.37. The minimum Gasteiger partial charge on any atom is -0.393 e. The van der Waals surface area contributed by atoms with Crippen molar-refractivity contribution in [3.63, 3.8) is 0 Å². The van der Waals surface area contributed by atoms with Crippen LogP contribution in [0.3, 0.4) is 0 Å². The number of hydrogen-bond donors (Lipinski definition) is 1. The first kappa shape index (κ1) is 16.5. The van der Waals surface area contributed by atoms with Gasteiger partial charge in [0.15, 0.2) is 0 Å². The molecule has 1 saturated heterocycles. The summed E-state index contributed by atoms with van der Waals surface area (Å²) in [6, 6.07) is 7.89. The van der Waals surface area contributed by atoms with Gasteiger partial charge in [-0.1, -0.05) is 31.0 Å². The van der Waals surface area contributed by atoms with Gasteiger partial charge >= 0.3 is 0 Å². The van der Waals surface area contributed by atoms with Gasteiger partial charge in [-0.2, -0.15) is 0 Å². The Hall–Kier alpha value is -1.39. The summed E-state index contributed by atoms with van der Waals surface area (Å²) in [5.74, 6) is 0.336. The number of likely N-dealkylation sites (tertiary alicyclic amines) is 1. The van der Waals surface area contributed by atoms with Crippen molar-refractivity contribution in [2.24, 2.45) is 5.92 Å². The summed E-state index contributed by atoms with van der Waals surface area (Å²) in [5, 5.41) is 10.4. The predicted molar refractivity (Wildman–Crippen MR) is 89.2 cm³/mol. The molecule has 0 aromatic heterocycles. The number of methoxy groups -OCH3 is 1. The van der Waals surface area contributed by atoms with Crippen molar-refractivity contribution >= 4 is 5.91 Å². The van der Waals surface area contributed by atoms with E-state index in [4.69, 9.17) is 4.74 Å². The first-order chi connectivity index (χ1) is 11.2. The number of hydrogen-bond acceptors (Lipinski definition) is 3. The van der Waals surface area contributed by atoms with E-state index >= 15 is 0 Å². The first-order valence-electron chi connectivity index (χ1n) is 8.78. The summed E-state index contributed by atoms with van der Waals surface area (Å²) in [6.45, 7) is 1.25. The molecule has 0 radical (unpaired) electrons. The van der Waals surface area contributed by atoms with Crippen LogP contribution in [-0.4, -0.2) is 41.7 Å². The lowest BCUT2D eigenvalue weighted by atomic mass is 9.80. The standard InChI is InChI=1S/C19H27NO3/c1-23-13-14-7-2-3-8-15(14)19(22)20-12-6-10-17(20)16-9-4-5-11-18(16)21/h2-3,7-8,16-18,21H,4-6,9-13H2,1H3. The largest absolute Gasteiger partial charge is 0.393 e. The molecule has 4 nitrogen and oxygen atoms in total. The average molecular weight is 317 g/mol. The van der Waals surface area contributed by atoms with Crippen LogP contribution in [-0.2, 0) is 11.3 Å². The fourth-order valence-electron chi connectivity index (χ4n) is 4.24. The Kier molecular flexibility index (Phi) is 5.34. The van der Waals surface area contributed by atoms with Gasteiger partial charge in [0.05, 0.1) is 12.7 Å². The van der Waals surface area contributed by atoms with E-state index in [1.807, 2.05) is 29.2 Å². The molecule has 3 atom stereocenters. The maximum atomic E-state index is 13.1. The van der Waals surface area contributed by atoms with Crippen LogP contribution < -0.4 is 0 Å². The van der Waals surface area contributed by atoms with Crippen LogP contribution in [0.5, 0.6) is 0 Å². The van der Waals surface area contributed by atoms with Crippen molar-refractivity contribution in [1.29, 1.82) is 0 Å². The zero-order chi connectivity index (χ0) is 16.2. The minimum absolute atomic E-state index is 0.0953. The number of nitrogens with zero attached hydrogens (tertiary/aromatic N) is 1. The number of aliphatic hydroxyl groups is 1. The summed E-state index contributed by atoms with van der Waals surface area (Å²) in [5.41, 5.74) is 1.68. The third kappa shape index (κ3) is 3.43. The predicted octanol–water partition coefficient (Wildman–Crippen LogP) is 2.99. The fourth-order valence-corrected chi connectivity index (χ4v) is 4.24. The molecule has 0 spiro atoms. The Morgan fingerprint density at radius 2 is 2.00 bits per heavy atom. The van der Waals surface area contributed by atoms with Crippen LogP contribution in [0.15, 0.2) is 24.3 Å². The topological polar surface area (TPSA) is 49.8 Å². The second-order valence-corrected chi connectivity index (χ2v) is 6.81. The average Bonchev–Trinajstić information content (AvgIpc) is 3.05. The number of amides is 1. The Labute approximate surface area is 138 Å². The number of benzene rings is 1. The molecule has 2 aliphatic rings. The summed E-state index contributed by atoms with van der Waals surface area (Å²) < 4.78 is 5.23. The lowest BCUT2D eigenvalue weighted by Crippen LogP contribution is -2.45. The van der Waals surface area contributed by atoms with E-state index in [0.29, 0.717) is 6.61 Å². The number of carbonyl (C=O) groups excluding carboxylic acids is 1.